The molecule has 0 spiro atoms. The number of ether oxygens (including phenoxy) is 1. The van der Waals surface area contributed by atoms with Gasteiger partial charge in [-0.25, -0.2) is 0 Å². The molecule has 2 aromatic heterocycles. The molecule has 0 saturated carbocycles. The number of aryl methyl sites for hydroxylation is 1. The Hall–Kier alpha value is -1.18. The highest BCUT2D eigenvalue weighted by atomic mass is 79.9. The smallest absolute Gasteiger partial charge is 0.101 e. The van der Waals surface area contributed by atoms with Gasteiger partial charge in [0.05, 0.1) is 23.4 Å². The maximum Gasteiger partial charge on any atom is 0.101 e. The minimum Gasteiger partial charge on any atom is -0.372 e. The lowest BCUT2D eigenvalue weighted by atomic mass is 9.97. The first-order chi connectivity index (χ1) is 11.2. The molecule has 1 saturated heterocycles. The third-order valence-corrected chi connectivity index (χ3v) is 4.60. The van der Waals surface area contributed by atoms with Crippen molar-refractivity contribution in [2.75, 3.05) is 6.61 Å². The van der Waals surface area contributed by atoms with E-state index in [1.807, 2.05) is 28.0 Å². The van der Waals surface area contributed by atoms with Crippen molar-refractivity contribution < 1.29 is 4.74 Å². The van der Waals surface area contributed by atoms with Crippen LogP contribution in [0.15, 0.2) is 29.3 Å². The van der Waals surface area contributed by atoms with Crippen molar-refractivity contribution >= 4 is 15.9 Å². The molecule has 0 amide bonds. The van der Waals surface area contributed by atoms with E-state index in [0.29, 0.717) is 12.1 Å². The van der Waals surface area contributed by atoms with Crippen molar-refractivity contribution in [2.45, 2.75) is 58.0 Å². The van der Waals surface area contributed by atoms with E-state index < -0.39 is 0 Å². The maximum atomic E-state index is 6.04. The molecule has 0 bridgehead atoms. The Morgan fingerprint density at radius 1 is 1.35 bits per heavy atom. The molecule has 126 valence electrons. The summed E-state index contributed by atoms with van der Waals surface area (Å²) in [6.07, 6.45) is 10.1. The van der Waals surface area contributed by atoms with Crippen LogP contribution in [0.25, 0.3) is 0 Å². The second-order valence-electron chi connectivity index (χ2n) is 6.12. The van der Waals surface area contributed by atoms with Crippen molar-refractivity contribution in [1.82, 2.24) is 24.9 Å². The lowest BCUT2D eigenvalue weighted by Gasteiger charge is -2.34. The molecule has 3 rings (SSSR count). The van der Waals surface area contributed by atoms with Crippen molar-refractivity contribution in [3.05, 3.63) is 34.8 Å². The predicted octanol–water partition coefficient (Wildman–Crippen LogP) is 2.76. The number of hydrogen-bond donors (Lipinski definition) is 1. The topological polar surface area (TPSA) is 56.9 Å². The van der Waals surface area contributed by atoms with Gasteiger partial charge >= 0.3 is 0 Å². The van der Waals surface area contributed by atoms with E-state index in [1.54, 1.807) is 0 Å². The van der Waals surface area contributed by atoms with Gasteiger partial charge in [-0.3, -0.25) is 9.36 Å². The third-order valence-electron chi connectivity index (χ3n) is 4.19. The Kier molecular flexibility index (Phi) is 5.50. The lowest BCUT2D eigenvalue weighted by molar-refractivity contribution is -0.0139. The Morgan fingerprint density at radius 2 is 2.17 bits per heavy atom. The van der Waals surface area contributed by atoms with Crippen LogP contribution in [0.4, 0.5) is 0 Å². The van der Waals surface area contributed by atoms with Crippen LogP contribution in [-0.4, -0.2) is 38.3 Å². The Morgan fingerprint density at radius 3 is 2.87 bits per heavy atom. The molecule has 1 N–H and O–H groups in total. The number of rotatable bonds is 6. The molecule has 23 heavy (non-hydrogen) atoms. The zero-order valence-electron chi connectivity index (χ0n) is 13.7. The van der Waals surface area contributed by atoms with E-state index in [4.69, 9.17) is 4.74 Å². The van der Waals surface area contributed by atoms with Crippen molar-refractivity contribution in [2.24, 2.45) is 0 Å². The monoisotopic (exact) mass is 381 g/mol. The van der Waals surface area contributed by atoms with Gasteiger partial charge in [-0.15, -0.1) is 0 Å². The zero-order chi connectivity index (χ0) is 16.2. The average molecular weight is 382 g/mol. The predicted molar refractivity (Wildman–Crippen MR) is 92.1 cm³/mol. The number of nitrogens with zero attached hydrogens (tertiary/aromatic N) is 4. The number of nitrogens with one attached hydrogen (secondary N) is 1. The molecule has 0 aliphatic carbocycles. The first-order valence-electron chi connectivity index (χ1n) is 8.23. The fraction of sp³-hybridized carbons (Fsp3) is 0.625. The van der Waals surface area contributed by atoms with Crippen LogP contribution in [0, 0.1) is 0 Å². The van der Waals surface area contributed by atoms with E-state index in [-0.39, 0.29) is 6.10 Å². The number of halogens is 1. The first kappa shape index (κ1) is 16.7. The van der Waals surface area contributed by atoms with E-state index in [9.17, 15) is 0 Å². The SMILES string of the molecule is CCn1cc([C@H]2OCCC[C@@H]2N[C@@H](C)Cn2cc(Br)cn2)cn1. The molecule has 3 heterocycles. The van der Waals surface area contributed by atoms with Gasteiger partial charge in [0.25, 0.3) is 0 Å². The molecule has 0 aromatic carbocycles. The summed E-state index contributed by atoms with van der Waals surface area (Å²) in [6.45, 7) is 6.83. The van der Waals surface area contributed by atoms with Gasteiger partial charge in [0, 0.05) is 43.2 Å². The standard InChI is InChI=1S/C16H24BrN5O/c1-3-21-10-13(7-18-21)16-15(5-4-6-23-16)20-12(2)9-22-11-14(17)8-19-22/h7-8,10-12,15-16,20H,3-6,9H2,1-2H3/t12-,15-,16+/m0/s1. The largest absolute Gasteiger partial charge is 0.372 e. The Bertz CT molecular complexity index is 626. The van der Waals surface area contributed by atoms with Gasteiger partial charge in [0.15, 0.2) is 0 Å². The van der Waals surface area contributed by atoms with Crippen molar-refractivity contribution in [3.8, 4) is 0 Å². The molecule has 3 atom stereocenters. The molecular weight excluding hydrogens is 358 g/mol. The highest BCUT2D eigenvalue weighted by molar-refractivity contribution is 9.10. The van der Waals surface area contributed by atoms with E-state index in [2.05, 4.69) is 51.5 Å². The van der Waals surface area contributed by atoms with Crippen LogP contribution in [-0.2, 0) is 17.8 Å². The molecule has 1 aliphatic rings. The molecule has 1 fully saturated rings. The second-order valence-corrected chi connectivity index (χ2v) is 7.03. The van der Waals surface area contributed by atoms with Crippen LogP contribution in [0.3, 0.4) is 0 Å². The maximum absolute atomic E-state index is 6.04. The summed E-state index contributed by atoms with van der Waals surface area (Å²) >= 11 is 3.44. The summed E-state index contributed by atoms with van der Waals surface area (Å²) in [4.78, 5) is 0. The van der Waals surface area contributed by atoms with Crippen LogP contribution < -0.4 is 5.32 Å². The fourth-order valence-corrected chi connectivity index (χ4v) is 3.44. The highest BCUT2D eigenvalue weighted by Gasteiger charge is 2.29. The summed E-state index contributed by atoms with van der Waals surface area (Å²) < 4.78 is 11.0. The van der Waals surface area contributed by atoms with E-state index in [0.717, 1.165) is 42.6 Å². The van der Waals surface area contributed by atoms with Gasteiger partial charge < -0.3 is 10.1 Å². The Labute approximate surface area is 145 Å². The van der Waals surface area contributed by atoms with Gasteiger partial charge in [0.2, 0.25) is 0 Å². The summed E-state index contributed by atoms with van der Waals surface area (Å²) in [6, 6.07) is 0.629. The summed E-state index contributed by atoms with van der Waals surface area (Å²) in [5.41, 5.74) is 1.16. The zero-order valence-corrected chi connectivity index (χ0v) is 15.2. The van der Waals surface area contributed by atoms with Crippen LogP contribution in [0.1, 0.15) is 38.4 Å². The van der Waals surface area contributed by atoms with Crippen molar-refractivity contribution in [1.29, 1.82) is 0 Å². The van der Waals surface area contributed by atoms with E-state index >= 15 is 0 Å². The van der Waals surface area contributed by atoms with Gasteiger partial charge in [0.1, 0.15) is 6.10 Å². The summed E-state index contributed by atoms with van der Waals surface area (Å²) in [7, 11) is 0. The molecule has 2 aromatic rings. The summed E-state index contributed by atoms with van der Waals surface area (Å²) in [5.74, 6) is 0. The quantitative estimate of drug-likeness (QED) is 0.835. The first-order valence-corrected chi connectivity index (χ1v) is 9.03. The minimum atomic E-state index is 0.0795. The number of aromatic nitrogens is 4. The molecular formula is C16H24BrN5O. The van der Waals surface area contributed by atoms with Crippen LogP contribution >= 0.6 is 15.9 Å². The molecule has 6 nitrogen and oxygen atoms in total. The molecule has 7 heteroatoms. The fourth-order valence-electron chi connectivity index (χ4n) is 3.12. The molecule has 0 radical (unpaired) electrons. The highest BCUT2D eigenvalue weighted by Crippen LogP contribution is 2.28. The Balaban J connectivity index is 1.63. The van der Waals surface area contributed by atoms with Crippen LogP contribution in [0.5, 0.6) is 0 Å². The average Bonchev–Trinajstić information content (AvgIpc) is 3.17. The van der Waals surface area contributed by atoms with Gasteiger partial charge in [-0.1, -0.05) is 0 Å². The number of hydrogen-bond acceptors (Lipinski definition) is 4. The van der Waals surface area contributed by atoms with Gasteiger partial charge in [-0.05, 0) is 42.6 Å². The molecule has 1 aliphatic heterocycles. The van der Waals surface area contributed by atoms with Crippen molar-refractivity contribution in [3.63, 3.8) is 0 Å². The third kappa shape index (κ3) is 4.22. The van der Waals surface area contributed by atoms with Gasteiger partial charge in [-0.2, -0.15) is 10.2 Å². The second kappa shape index (κ2) is 7.59. The molecule has 0 unspecified atom stereocenters. The minimum absolute atomic E-state index is 0.0795. The lowest BCUT2D eigenvalue weighted by Crippen LogP contribution is -2.45. The van der Waals surface area contributed by atoms with E-state index in [1.165, 1.54) is 0 Å². The summed E-state index contributed by atoms with van der Waals surface area (Å²) in [5, 5.41) is 12.4. The normalized spacial score (nSPS) is 23.1. The van der Waals surface area contributed by atoms with Crippen LogP contribution in [0.2, 0.25) is 0 Å².